The van der Waals surface area contributed by atoms with Gasteiger partial charge in [0.05, 0.1) is 12.1 Å². The number of rotatable bonds is 5. The molecular weight excluding hydrogens is 397 g/mol. The molecule has 2 aromatic rings. The number of alkyl halides is 3. The van der Waals surface area contributed by atoms with Crippen LogP contribution in [0.5, 0.6) is 5.75 Å². The van der Waals surface area contributed by atoms with Crippen LogP contribution in [0.15, 0.2) is 18.2 Å². The smallest absolute Gasteiger partial charge is 0.453 e. The van der Waals surface area contributed by atoms with E-state index in [1.807, 2.05) is 12.1 Å². The fourth-order valence-corrected chi connectivity index (χ4v) is 3.47. The Morgan fingerprint density at radius 2 is 2.00 bits per heavy atom. The first-order chi connectivity index (χ1) is 13.2. The molecule has 1 aliphatic rings. The quantitative estimate of drug-likeness (QED) is 0.742. The Kier molecular flexibility index (Phi) is 5.83. The molecule has 28 heavy (non-hydrogen) atoms. The van der Waals surface area contributed by atoms with Gasteiger partial charge in [0, 0.05) is 30.8 Å². The number of ether oxygens (including phenoxy) is 1. The number of aryl methyl sites for hydroxylation is 1. The minimum atomic E-state index is -4.62. The minimum absolute atomic E-state index is 0.0753. The second kappa shape index (κ2) is 7.98. The van der Waals surface area contributed by atoms with Gasteiger partial charge in [-0.25, -0.2) is 9.67 Å². The maximum Gasteiger partial charge on any atom is 0.453 e. The first-order valence-electron chi connectivity index (χ1n) is 8.79. The number of Topliss-reactive ketones (excluding diaryl/α,β-unsaturated/α-hetero) is 1. The van der Waals surface area contributed by atoms with Crippen LogP contribution in [0.1, 0.15) is 24.5 Å². The molecular formula is C18H20ClF3N4O2. The van der Waals surface area contributed by atoms with Crippen LogP contribution in [-0.4, -0.2) is 40.7 Å². The van der Waals surface area contributed by atoms with Gasteiger partial charge in [-0.1, -0.05) is 11.6 Å². The summed E-state index contributed by atoms with van der Waals surface area (Å²) in [4.78, 5) is 18.1. The third kappa shape index (κ3) is 4.40. The van der Waals surface area contributed by atoms with E-state index in [4.69, 9.17) is 16.3 Å². The summed E-state index contributed by atoms with van der Waals surface area (Å²) in [5, 5.41) is 3.95. The Labute approximate surface area is 165 Å². The minimum Gasteiger partial charge on any atom is -0.495 e. The van der Waals surface area contributed by atoms with Gasteiger partial charge in [0.1, 0.15) is 18.1 Å². The van der Waals surface area contributed by atoms with Crippen LogP contribution in [-0.2, 0) is 17.5 Å². The summed E-state index contributed by atoms with van der Waals surface area (Å²) < 4.78 is 44.4. The lowest BCUT2D eigenvalue weighted by Crippen LogP contribution is -2.37. The van der Waals surface area contributed by atoms with Crippen LogP contribution < -0.4 is 9.64 Å². The largest absolute Gasteiger partial charge is 0.495 e. The number of aromatic nitrogens is 3. The van der Waals surface area contributed by atoms with Crippen LogP contribution in [0.2, 0.25) is 5.02 Å². The molecule has 152 valence electrons. The monoisotopic (exact) mass is 416 g/mol. The summed E-state index contributed by atoms with van der Waals surface area (Å²) in [6.45, 7) is 2.52. The highest BCUT2D eigenvalue weighted by Crippen LogP contribution is 2.32. The van der Waals surface area contributed by atoms with Gasteiger partial charge in [-0.2, -0.15) is 13.2 Å². The zero-order valence-electron chi connectivity index (χ0n) is 15.5. The Balaban J connectivity index is 1.61. The van der Waals surface area contributed by atoms with Crippen LogP contribution in [0, 0.1) is 12.8 Å². The Morgan fingerprint density at radius 1 is 1.32 bits per heavy atom. The van der Waals surface area contributed by atoms with E-state index in [9.17, 15) is 18.0 Å². The van der Waals surface area contributed by atoms with Crippen molar-refractivity contribution < 1.29 is 22.7 Å². The summed E-state index contributed by atoms with van der Waals surface area (Å²) in [7, 11) is 1.55. The van der Waals surface area contributed by atoms with Gasteiger partial charge in [-0.05, 0) is 31.9 Å². The molecule has 0 saturated carbocycles. The lowest BCUT2D eigenvalue weighted by Gasteiger charge is -2.33. The molecule has 1 saturated heterocycles. The first-order valence-corrected chi connectivity index (χ1v) is 9.16. The average Bonchev–Trinajstić information content (AvgIpc) is 3.03. The first kappa shape index (κ1) is 20.4. The SMILES string of the molecule is COc1cc(N2CCC(C(=O)Cn3nc(C(F)(F)F)nc3C)CC2)ccc1Cl. The van der Waals surface area contributed by atoms with Crippen molar-refractivity contribution in [1.29, 1.82) is 0 Å². The fourth-order valence-electron chi connectivity index (χ4n) is 3.27. The zero-order chi connectivity index (χ0) is 20.5. The second-order valence-corrected chi connectivity index (χ2v) is 7.09. The number of hydrogen-bond donors (Lipinski definition) is 0. The van der Waals surface area contributed by atoms with Gasteiger partial charge in [-0.3, -0.25) is 4.79 Å². The van der Waals surface area contributed by atoms with Crippen molar-refractivity contribution in [2.75, 3.05) is 25.1 Å². The predicted molar refractivity (Wildman–Crippen MR) is 97.7 cm³/mol. The standard InChI is InChI=1S/C18H20ClF3N4O2/c1-11-23-17(18(20,21)22)24-26(11)10-15(27)12-5-7-25(8-6-12)13-3-4-14(19)16(9-13)28-2/h3-4,9,12H,5-8,10H2,1-2H3. The van der Waals surface area contributed by atoms with E-state index in [0.29, 0.717) is 36.7 Å². The third-order valence-electron chi connectivity index (χ3n) is 4.87. The third-order valence-corrected chi connectivity index (χ3v) is 5.18. The van der Waals surface area contributed by atoms with E-state index >= 15 is 0 Å². The molecule has 0 N–H and O–H groups in total. The Morgan fingerprint density at radius 3 is 2.57 bits per heavy atom. The number of carbonyl (C=O) groups excluding carboxylic acids is 1. The number of hydrogen-bond acceptors (Lipinski definition) is 5. The van der Waals surface area contributed by atoms with Crippen molar-refractivity contribution in [3.8, 4) is 5.75 Å². The number of benzene rings is 1. The molecule has 0 bridgehead atoms. The summed E-state index contributed by atoms with van der Waals surface area (Å²) >= 11 is 6.05. The topological polar surface area (TPSA) is 60.2 Å². The number of carbonyl (C=O) groups is 1. The molecule has 0 atom stereocenters. The van der Waals surface area contributed by atoms with Gasteiger partial charge < -0.3 is 9.64 Å². The summed E-state index contributed by atoms with van der Waals surface area (Å²) in [5.74, 6) is -0.909. The van der Waals surface area contributed by atoms with E-state index in [1.165, 1.54) is 6.92 Å². The Hall–Kier alpha value is -2.29. The maximum absolute atomic E-state index is 12.7. The van der Waals surface area contributed by atoms with Gasteiger partial charge >= 0.3 is 6.18 Å². The number of ketones is 1. The number of piperidine rings is 1. The molecule has 1 fully saturated rings. The predicted octanol–water partition coefficient (Wildman–Crippen LogP) is 3.75. The van der Waals surface area contributed by atoms with E-state index in [-0.39, 0.29) is 24.1 Å². The normalized spacial score (nSPS) is 15.7. The molecule has 1 aromatic carbocycles. The van der Waals surface area contributed by atoms with Crippen LogP contribution in [0.3, 0.4) is 0 Å². The van der Waals surface area contributed by atoms with Crippen LogP contribution in [0.4, 0.5) is 18.9 Å². The van der Waals surface area contributed by atoms with E-state index in [0.717, 1.165) is 10.4 Å². The summed E-state index contributed by atoms with van der Waals surface area (Å²) in [6.07, 6.45) is -3.39. The number of methoxy groups -OCH3 is 1. The van der Waals surface area contributed by atoms with E-state index in [1.54, 1.807) is 13.2 Å². The van der Waals surface area contributed by atoms with Crippen LogP contribution >= 0.6 is 11.6 Å². The second-order valence-electron chi connectivity index (χ2n) is 6.68. The van der Waals surface area contributed by atoms with Gasteiger partial charge in [0.15, 0.2) is 5.78 Å². The van der Waals surface area contributed by atoms with Crippen molar-refractivity contribution in [1.82, 2.24) is 14.8 Å². The molecule has 0 spiro atoms. The molecule has 0 aliphatic carbocycles. The Bertz CT molecular complexity index is 861. The van der Waals surface area contributed by atoms with E-state index in [2.05, 4.69) is 15.0 Å². The maximum atomic E-state index is 12.7. The van der Waals surface area contributed by atoms with Gasteiger partial charge in [0.2, 0.25) is 0 Å². The van der Waals surface area contributed by atoms with Crippen molar-refractivity contribution in [3.05, 3.63) is 34.9 Å². The molecule has 10 heteroatoms. The lowest BCUT2D eigenvalue weighted by atomic mass is 9.92. The fraction of sp³-hybridized carbons (Fsp3) is 0.500. The molecule has 1 aliphatic heterocycles. The van der Waals surface area contributed by atoms with Crippen molar-refractivity contribution in [2.45, 2.75) is 32.5 Å². The number of halogens is 4. The molecule has 3 rings (SSSR count). The summed E-state index contributed by atoms with van der Waals surface area (Å²) in [5.41, 5.74) is 0.953. The number of anilines is 1. The summed E-state index contributed by atoms with van der Waals surface area (Å²) in [6, 6.07) is 5.51. The van der Waals surface area contributed by atoms with Crippen molar-refractivity contribution in [3.63, 3.8) is 0 Å². The van der Waals surface area contributed by atoms with Gasteiger partial charge in [0.25, 0.3) is 5.82 Å². The molecule has 0 radical (unpaired) electrons. The van der Waals surface area contributed by atoms with Crippen LogP contribution in [0.25, 0.3) is 0 Å². The average molecular weight is 417 g/mol. The molecule has 1 aromatic heterocycles. The lowest BCUT2D eigenvalue weighted by molar-refractivity contribution is -0.145. The molecule has 6 nitrogen and oxygen atoms in total. The van der Waals surface area contributed by atoms with Gasteiger partial charge in [-0.15, -0.1) is 5.10 Å². The van der Waals surface area contributed by atoms with Crippen molar-refractivity contribution >= 4 is 23.1 Å². The zero-order valence-corrected chi connectivity index (χ0v) is 16.2. The molecule has 0 unspecified atom stereocenters. The van der Waals surface area contributed by atoms with Crippen molar-refractivity contribution in [2.24, 2.45) is 5.92 Å². The molecule has 2 heterocycles. The number of nitrogens with zero attached hydrogens (tertiary/aromatic N) is 4. The van der Waals surface area contributed by atoms with E-state index < -0.39 is 12.0 Å². The molecule has 0 amide bonds. The highest BCUT2D eigenvalue weighted by molar-refractivity contribution is 6.32. The highest BCUT2D eigenvalue weighted by atomic mass is 35.5. The highest BCUT2D eigenvalue weighted by Gasteiger charge is 2.37.